The van der Waals surface area contributed by atoms with Crippen molar-refractivity contribution in [3.8, 4) is 5.75 Å². The highest BCUT2D eigenvalue weighted by atomic mass is 79.9. The van der Waals surface area contributed by atoms with Crippen molar-refractivity contribution in [1.29, 1.82) is 0 Å². The van der Waals surface area contributed by atoms with E-state index in [1.54, 1.807) is 24.3 Å². The Bertz CT molecular complexity index is 750. The molecule has 4 rings (SSSR count). The number of halogens is 2. The van der Waals surface area contributed by atoms with Crippen LogP contribution in [0.1, 0.15) is 31.7 Å². The molecule has 2 fully saturated rings. The lowest BCUT2D eigenvalue weighted by molar-refractivity contribution is -0.138. The number of rotatable bonds is 4. The SMILES string of the molecule is O=C(COc1ccc(Cl)cc1)N1C2CCC1CC(n1cc(Br)cn1)C2. The van der Waals surface area contributed by atoms with E-state index in [0.717, 1.165) is 30.2 Å². The molecule has 132 valence electrons. The zero-order valence-electron chi connectivity index (χ0n) is 13.6. The number of carbonyl (C=O) groups excluding carboxylic acids is 1. The second-order valence-corrected chi connectivity index (χ2v) is 8.04. The Morgan fingerprint density at radius 3 is 2.48 bits per heavy atom. The molecule has 5 nitrogen and oxygen atoms in total. The molecular weight excluding hydrogens is 406 g/mol. The van der Waals surface area contributed by atoms with Gasteiger partial charge >= 0.3 is 0 Å². The third kappa shape index (κ3) is 3.55. The molecule has 1 aromatic heterocycles. The first-order chi connectivity index (χ1) is 12.1. The second kappa shape index (κ2) is 7.00. The van der Waals surface area contributed by atoms with Crippen molar-refractivity contribution >= 4 is 33.4 Å². The first-order valence-electron chi connectivity index (χ1n) is 8.49. The summed E-state index contributed by atoms with van der Waals surface area (Å²) in [4.78, 5) is 14.7. The summed E-state index contributed by atoms with van der Waals surface area (Å²) in [5.41, 5.74) is 0. The Hall–Kier alpha value is -1.53. The predicted molar refractivity (Wildman–Crippen MR) is 98.8 cm³/mol. The van der Waals surface area contributed by atoms with Crippen molar-refractivity contribution in [2.24, 2.45) is 0 Å². The van der Waals surface area contributed by atoms with E-state index in [1.165, 1.54) is 0 Å². The minimum Gasteiger partial charge on any atom is -0.484 e. The normalized spacial score (nSPS) is 25.2. The van der Waals surface area contributed by atoms with E-state index in [1.807, 2.05) is 22.0 Å². The van der Waals surface area contributed by atoms with E-state index < -0.39 is 0 Å². The second-order valence-electron chi connectivity index (χ2n) is 6.69. The number of nitrogens with zero attached hydrogens (tertiary/aromatic N) is 3. The summed E-state index contributed by atoms with van der Waals surface area (Å²) in [6.45, 7) is 0.0760. The van der Waals surface area contributed by atoms with Gasteiger partial charge in [-0.15, -0.1) is 0 Å². The average molecular weight is 425 g/mol. The van der Waals surface area contributed by atoms with Crippen LogP contribution in [0.25, 0.3) is 0 Å². The van der Waals surface area contributed by atoms with Crippen molar-refractivity contribution in [1.82, 2.24) is 14.7 Å². The maximum atomic E-state index is 12.7. The van der Waals surface area contributed by atoms with Crippen molar-refractivity contribution in [2.45, 2.75) is 43.8 Å². The molecule has 0 N–H and O–H groups in total. The number of benzene rings is 1. The van der Waals surface area contributed by atoms with Gasteiger partial charge in [0, 0.05) is 23.3 Å². The number of hydrogen-bond acceptors (Lipinski definition) is 3. The number of hydrogen-bond donors (Lipinski definition) is 0. The Labute approximate surface area is 160 Å². The van der Waals surface area contributed by atoms with E-state index in [2.05, 4.69) is 21.0 Å². The topological polar surface area (TPSA) is 47.4 Å². The van der Waals surface area contributed by atoms with Crippen LogP contribution >= 0.6 is 27.5 Å². The van der Waals surface area contributed by atoms with E-state index in [-0.39, 0.29) is 24.6 Å². The molecule has 1 aromatic carbocycles. The number of ether oxygens (including phenoxy) is 1. The van der Waals surface area contributed by atoms with Gasteiger partial charge in [0.25, 0.3) is 5.91 Å². The van der Waals surface area contributed by atoms with Gasteiger partial charge in [-0.25, -0.2) is 0 Å². The van der Waals surface area contributed by atoms with E-state index in [9.17, 15) is 4.79 Å². The van der Waals surface area contributed by atoms with Crippen LogP contribution in [-0.2, 0) is 4.79 Å². The van der Waals surface area contributed by atoms with Gasteiger partial charge in [0.05, 0.1) is 16.7 Å². The molecule has 25 heavy (non-hydrogen) atoms. The monoisotopic (exact) mass is 423 g/mol. The Morgan fingerprint density at radius 2 is 1.88 bits per heavy atom. The summed E-state index contributed by atoms with van der Waals surface area (Å²) >= 11 is 9.32. The molecule has 2 aliphatic heterocycles. The molecule has 0 aliphatic carbocycles. The molecular formula is C18H19BrClN3O2. The Morgan fingerprint density at radius 1 is 1.20 bits per heavy atom. The molecule has 7 heteroatoms. The number of carbonyl (C=O) groups is 1. The molecule has 2 bridgehead atoms. The zero-order valence-corrected chi connectivity index (χ0v) is 16.0. The number of aromatic nitrogens is 2. The average Bonchev–Trinajstić information content (AvgIpc) is 3.15. The lowest BCUT2D eigenvalue weighted by atomic mass is 9.97. The molecule has 0 saturated carbocycles. The molecule has 0 spiro atoms. The highest BCUT2D eigenvalue weighted by Crippen LogP contribution is 2.40. The van der Waals surface area contributed by atoms with Gasteiger partial charge in [0.15, 0.2) is 6.61 Å². The van der Waals surface area contributed by atoms with Crippen molar-refractivity contribution < 1.29 is 9.53 Å². The molecule has 3 heterocycles. The van der Waals surface area contributed by atoms with Crippen molar-refractivity contribution in [3.63, 3.8) is 0 Å². The van der Waals surface area contributed by atoms with Gasteiger partial charge in [0.1, 0.15) is 5.75 Å². The Kier molecular flexibility index (Phi) is 4.73. The molecule has 2 aromatic rings. The van der Waals surface area contributed by atoms with Crippen molar-refractivity contribution in [3.05, 3.63) is 46.2 Å². The van der Waals surface area contributed by atoms with Crippen LogP contribution in [0.15, 0.2) is 41.1 Å². The number of fused-ring (bicyclic) bond motifs is 2. The summed E-state index contributed by atoms with van der Waals surface area (Å²) in [5.74, 6) is 0.740. The molecule has 1 amide bonds. The minimum absolute atomic E-state index is 0.0718. The summed E-state index contributed by atoms with van der Waals surface area (Å²) in [6, 6.07) is 8.03. The number of amides is 1. The molecule has 2 unspecified atom stereocenters. The standard InChI is InChI=1S/C18H19BrClN3O2/c19-12-9-21-22(10-12)16-7-14-3-4-15(8-16)23(14)18(24)11-25-17-5-1-13(20)2-6-17/h1-2,5-6,9-10,14-16H,3-4,7-8,11H2. The lowest BCUT2D eigenvalue weighted by Gasteiger charge is -2.39. The Balaban J connectivity index is 1.38. The van der Waals surface area contributed by atoms with Gasteiger partial charge in [-0.1, -0.05) is 11.6 Å². The van der Waals surface area contributed by atoms with Gasteiger partial charge < -0.3 is 9.64 Å². The maximum Gasteiger partial charge on any atom is 0.261 e. The first-order valence-corrected chi connectivity index (χ1v) is 9.66. The van der Waals surface area contributed by atoms with Gasteiger partial charge in [0.2, 0.25) is 0 Å². The summed E-state index contributed by atoms with van der Waals surface area (Å²) < 4.78 is 8.67. The number of piperidine rings is 1. The fourth-order valence-electron chi connectivity index (χ4n) is 4.04. The minimum atomic E-state index is 0.0718. The predicted octanol–water partition coefficient (Wildman–Crippen LogP) is 4.07. The molecule has 2 atom stereocenters. The molecule has 0 radical (unpaired) electrons. The van der Waals surface area contributed by atoms with Crippen LogP contribution in [0.2, 0.25) is 5.02 Å². The van der Waals surface area contributed by atoms with Crippen LogP contribution in [-0.4, -0.2) is 39.3 Å². The molecule has 2 aliphatic rings. The van der Waals surface area contributed by atoms with Gasteiger partial charge in [-0.3, -0.25) is 9.48 Å². The van der Waals surface area contributed by atoms with Gasteiger partial charge in [-0.2, -0.15) is 5.10 Å². The highest BCUT2D eigenvalue weighted by Gasteiger charge is 2.43. The summed E-state index contributed by atoms with van der Waals surface area (Å²) in [5, 5.41) is 5.08. The quantitative estimate of drug-likeness (QED) is 0.743. The highest BCUT2D eigenvalue weighted by molar-refractivity contribution is 9.10. The molecule has 2 saturated heterocycles. The third-order valence-corrected chi connectivity index (χ3v) is 5.78. The largest absolute Gasteiger partial charge is 0.484 e. The van der Waals surface area contributed by atoms with E-state index in [4.69, 9.17) is 16.3 Å². The van der Waals surface area contributed by atoms with Crippen LogP contribution in [0.5, 0.6) is 5.75 Å². The fraction of sp³-hybridized carbons (Fsp3) is 0.444. The van der Waals surface area contributed by atoms with Crippen LogP contribution in [0.4, 0.5) is 0 Å². The summed E-state index contributed by atoms with van der Waals surface area (Å²) in [7, 11) is 0. The van der Waals surface area contributed by atoms with Crippen molar-refractivity contribution in [2.75, 3.05) is 6.61 Å². The smallest absolute Gasteiger partial charge is 0.261 e. The van der Waals surface area contributed by atoms with E-state index >= 15 is 0 Å². The third-order valence-electron chi connectivity index (χ3n) is 5.12. The van der Waals surface area contributed by atoms with E-state index in [0.29, 0.717) is 16.8 Å². The van der Waals surface area contributed by atoms with Crippen LogP contribution in [0, 0.1) is 0 Å². The summed E-state index contributed by atoms with van der Waals surface area (Å²) in [6.07, 6.45) is 7.88. The maximum absolute atomic E-state index is 12.7. The van der Waals surface area contributed by atoms with Crippen LogP contribution in [0.3, 0.4) is 0 Å². The zero-order chi connectivity index (χ0) is 17.4. The van der Waals surface area contributed by atoms with Crippen LogP contribution < -0.4 is 4.74 Å². The lowest BCUT2D eigenvalue weighted by Crippen LogP contribution is -2.48. The fourth-order valence-corrected chi connectivity index (χ4v) is 4.46. The van der Waals surface area contributed by atoms with Gasteiger partial charge in [-0.05, 0) is 65.9 Å². The first kappa shape index (κ1) is 16.9.